The van der Waals surface area contributed by atoms with Crippen molar-refractivity contribution >= 4 is 12.1 Å². The lowest BCUT2D eigenvalue weighted by Crippen LogP contribution is -2.17. The number of hydrogen-bond donors (Lipinski definition) is 2. The lowest BCUT2D eigenvalue weighted by atomic mass is 10.2. The molecule has 2 N–H and O–H groups in total. The zero-order valence-electron chi connectivity index (χ0n) is 9.88. The van der Waals surface area contributed by atoms with Gasteiger partial charge < -0.3 is 9.72 Å². The third-order valence-corrected chi connectivity index (χ3v) is 2.34. The first-order valence-corrected chi connectivity index (χ1v) is 5.40. The van der Waals surface area contributed by atoms with Crippen LogP contribution in [0.4, 0.5) is 0 Å². The van der Waals surface area contributed by atoms with Crippen LogP contribution in [0.3, 0.4) is 0 Å². The van der Waals surface area contributed by atoms with Gasteiger partial charge in [-0.1, -0.05) is 0 Å². The molecule has 92 valence electrons. The summed E-state index contributed by atoms with van der Waals surface area (Å²) in [6.45, 7) is 0. The molecule has 0 saturated carbocycles. The van der Waals surface area contributed by atoms with Crippen molar-refractivity contribution in [2.24, 2.45) is 5.10 Å². The Balaban J connectivity index is 1.95. The third-order valence-electron chi connectivity index (χ3n) is 2.34. The first-order chi connectivity index (χ1) is 8.79. The van der Waals surface area contributed by atoms with Gasteiger partial charge in [0.1, 0.15) is 5.75 Å². The molecule has 18 heavy (non-hydrogen) atoms. The van der Waals surface area contributed by atoms with E-state index < -0.39 is 0 Å². The quantitative estimate of drug-likeness (QED) is 0.635. The van der Waals surface area contributed by atoms with Crippen molar-refractivity contribution in [1.82, 2.24) is 10.4 Å². The van der Waals surface area contributed by atoms with E-state index in [1.54, 1.807) is 43.8 Å². The van der Waals surface area contributed by atoms with Crippen molar-refractivity contribution in [1.29, 1.82) is 0 Å². The number of amides is 1. The molecule has 0 aliphatic heterocycles. The fourth-order valence-electron chi connectivity index (χ4n) is 1.39. The molecule has 0 fully saturated rings. The van der Waals surface area contributed by atoms with Crippen LogP contribution in [0.25, 0.3) is 0 Å². The normalized spacial score (nSPS) is 10.5. The number of hydrazone groups is 1. The van der Waals surface area contributed by atoms with Crippen LogP contribution in [0.15, 0.2) is 47.7 Å². The average Bonchev–Trinajstić information content (AvgIpc) is 2.92. The number of carbonyl (C=O) groups excluding carboxylic acids is 1. The summed E-state index contributed by atoms with van der Waals surface area (Å²) in [6, 6.07) is 10.5. The third kappa shape index (κ3) is 2.98. The second kappa shape index (κ2) is 5.67. The highest BCUT2D eigenvalue weighted by atomic mass is 16.5. The Kier molecular flexibility index (Phi) is 3.76. The van der Waals surface area contributed by atoms with E-state index in [0.717, 1.165) is 5.69 Å². The molecule has 0 aliphatic rings. The van der Waals surface area contributed by atoms with Gasteiger partial charge in [-0.05, 0) is 36.4 Å². The fraction of sp³-hybridized carbons (Fsp3) is 0.0769. The van der Waals surface area contributed by atoms with Crippen LogP contribution < -0.4 is 10.2 Å². The highest BCUT2D eigenvalue weighted by Gasteiger charge is 2.03. The van der Waals surface area contributed by atoms with Crippen molar-refractivity contribution in [3.63, 3.8) is 0 Å². The van der Waals surface area contributed by atoms with Gasteiger partial charge in [-0.3, -0.25) is 4.79 Å². The average molecular weight is 243 g/mol. The maximum absolute atomic E-state index is 11.7. The van der Waals surface area contributed by atoms with Crippen LogP contribution in [-0.2, 0) is 0 Å². The number of carbonyl (C=O) groups is 1. The summed E-state index contributed by atoms with van der Waals surface area (Å²) in [7, 11) is 1.58. The Morgan fingerprint density at radius 1 is 1.33 bits per heavy atom. The highest BCUT2D eigenvalue weighted by molar-refractivity contribution is 5.94. The number of nitrogens with one attached hydrogen (secondary N) is 2. The second-order valence-electron chi connectivity index (χ2n) is 3.55. The summed E-state index contributed by atoms with van der Waals surface area (Å²) in [6.07, 6.45) is 3.33. The van der Waals surface area contributed by atoms with Crippen molar-refractivity contribution in [3.05, 3.63) is 53.9 Å². The summed E-state index contributed by atoms with van der Waals surface area (Å²) in [4.78, 5) is 14.6. The molecule has 5 heteroatoms. The van der Waals surface area contributed by atoms with Gasteiger partial charge in [-0.15, -0.1) is 0 Å². The van der Waals surface area contributed by atoms with Gasteiger partial charge in [0.2, 0.25) is 0 Å². The molecule has 1 amide bonds. The minimum atomic E-state index is -0.263. The van der Waals surface area contributed by atoms with Gasteiger partial charge in [0, 0.05) is 11.8 Å². The van der Waals surface area contributed by atoms with Crippen LogP contribution in [0.2, 0.25) is 0 Å². The molecule has 2 aromatic rings. The number of aromatic amines is 1. The zero-order valence-corrected chi connectivity index (χ0v) is 9.88. The maximum atomic E-state index is 11.7. The number of aromatic nitrogens is 1. The van der Waals surface area contributed by atoms with E-state index in [1.807, 2.05) is 12.1 Å². The van der Waals surface area contributed by atoms with E-state index in [0.29, 0.717) is 11.3 Å². The predicted molar refractivity (Wildman–Crippen MR) is 68.8 cm³/mol. The Bertz CT molecular complexity index is 530. The number of benzene rings is 1. The number of ether oxygens (including phenoxy) is 1. The second-order valence-corrected chi connectivity index (χ2v) is 3.55. The lowest BCUT2D eigenvalue weighted by molar-refractivity contribution is 0.0955. The molecule has 0 atom stereocenters. The molecule has 5 nitrogen and oxygen atoms in total. The van der Waals surface area contributed by atoms with Gasteiger partial charge in [-0.2, -0.15) is 5.10 Å². The van der Waals surface area contributed by atoms with E-state index in [9.17, 15) is 4.79 Å². The smallest absolute Gasteiger partial charge is 0.271 e. The van der Waals surface area contributed by atoms with Gasteiger partial charge in [0.15, 0.2) is 0 Å². The zero-order chi connectivity index (χ0) is 12.8. The van der Waals surface area contributed by atoms with Gasteiger partial charge in [0.05, 0.1) is 19.0 Å². The number of nitrogens with zero attached hydrogens (tertiary/aromatic N) is 1. The minimum Gasteiger partial charge on any atom is -0.497 e. The first kappa shape index (κ1) is 11.9. The SMILES string of the molecule is COc1ccc(C(=O)N/N=C\c2ccc[nH]2)cc1. The van der Waals surface area contributed by atoms with E-state index in [-0.39, 0.29) is 5.91 Å². The summed E-state index contributed by atoms with van der Waals surface area (Å²) in [5.74, 6) is 0.446. The van der Waals surface area contributed by atoms with Crippen LogP contribution in [0, 0.1) is 0 Å². The number of methoxy groups -OCH3 is 1. The summed E-state index contributed by atoms with van der Waals surface area (Å²) in [5.41, 5.74) is 3.80. The molecule has 2 rings (SSSR count). The minimum absolute atomic E-state index is 0.263. The molecule has 1 aromatic carbocycles. The lowest BCUT2D eigenvalue weighted by Gasteiger charge is -2.01. The molecule has 0 unspecified atom stereocenters. The van der Waals surface area contributed by atoms with Crippen molar-refractivity contribution in [3.8, 4) is 5.75 Å². The van der Waals surface area contributed by atoms with Crippen LogP contribution in [0.1, 0.15) is 16.1 Å². The Labute approximate surface area is 104 Å². The molecular weight excluding hydrogens is 230 g/mol. The van der Waals surface area contributed by atoms with Gasteiger partial charge in [0.25, 0.3) is 5.91 Å². The molecule has 0 saturated heterocycles. The summed E-state index contributed by atoms with van der Waals surface area (Å²) < 4.78 is 5.01. The molecule has 0 radical (unpaired) electrons. The Hall–Kier alpha value is -2.56. The molecule has 1 heterocycles. The highest BCUT2D eigenvalue weighted by Crippen LogP contribution is 2.10. The maximum Gasteiger partial charge on any atom is 0.271 e. The van der Waals surface area contributed by atoms with Crippen LogP contribution in [0.5, 0.6) is 5.75 Å². The van der Waals surface area contributed by atoms with E-state index in [2.05, 4.69) is 15.5 Å². The monoisotopic (exact) mass is 243 g/mol. The van der Waals surface area contributed by atoms with Crippen LogP contribution >= 0.6 is 0 Å². The standard InChI is InChI=1S/C13H13N3O2/c1-18-12-6-4-10(5-7-12)13(17)16-15-9-11-3-2-8-14-11/h2-9,14H,1H3,(H,16,17)/b15-9-. The molecule has 0 aliphatic carbocycles. The van der Waals surface area contributed by atoms with Crippen LogP contribution in [-0.4, -0.2) is 24.2 Å². The number of rotatable bonds is 4. The Morgan fingerprint density at radius 3 is 2.72 bits per heavy atom. The predicted octanol–water partition coefficient (Wildman–Crippen LogP) is 1.79. The van der Waals surface area contributed by atoms with E-state index >= 15 is 0 Å². The van der Waals surface area contributed by atoms with Gasteiger partial charge in [-0.25, -0.2) is 5.43 Å². The fourth-order valence-corrected chi connectivity index (χ4v) is 1.39. The van der Waals surface area contributed by atoms with E-state index in [4.69, 9.17) is 4.74 Å². The van der Waals surface area contributed by atoms with E-state index in [1.165, 1.54) is 0 Å². The first-order valence-electron chi connectivity index (χ1n) is 5.40. The van der Waals surface area contributed by atoms with Crippen molar-refractivity contribution in [2.75, 3.05) is 7.11 Å². The largest absolute Gasteiger partial charge is 0.497 e. The molecule has 0 bridgehead atoms. The van der Waals surface area contributed by atoms with Gasteiger partial charge >= 0.3 is 0 Å². The summed E-state index contributed by atoms with van der Waals surface area (Å²) in [5, 5.41) is 3.85. The number of hydrogen-bond acceptors (Lipinski definition) is 3. The van der Waals surface area contributed by atoms with Crippen molar-refractivity contribution < 1.29 is 9.53 Å². The topological polar surface area (TPSA) is 66.5 Å². The molecule has 1 aromatic heterocycles. The van der Waals surface area contributed by atoms with Crippen molar-refractivity contribution in [2.45, 2.75) is 0 Å². The molecule has 0 spiro atoms. The number of H-pyrrole nitrogens is 1. The Morgan fingerprint density at radius 2 is 2.11 bits per heavy atom. The summed E-state index contributed by atoms with van der Waals surface area (Å²) >= 11 is 0. The molecular formula is C13H13N3O2.